The van der Waals surface area contributed by atoms with E-state index in [0.717, 1.165) is 16.6 Å². The van der Waals surface area contributed by atoms with E-state index in [1.54, 1.807) is 24.1 Å². The molecule has 1 aromatic heterocycles. The molecule has 1 aliphatic heterocycles. The van der Waals surface area contributed by atoms with Gasteiger partial charge in [0.05, 0.1) is 24.2 Å². The minimum atomic E-state index is -0.921. The molecule has 4 rings (SSSR count). The van der Waals surface area contributed by atoms with Gasteiger partial charge in [0.25, 0.3) is 0 Å². The van der Waals surface area contributed by atoms with Crippen molar-refractivity contribution in [1.29, 1.82) is 0 Å². The van der Waals surface area contributed by atoms with Crippen molar-refractivity contribution in [3.8, 4) is 0 Å². The van der Waals surface area contributed by atoms with E-state index in [1.165, 1.54) is 6.07 Å². The van der Waals surface area contributed by atoms with Crippen LogP contribution in [0.2, 0.25) is 0 Å². The van der Waals surface area contributed by atoms with E-state index in [9.17, 15) is 14.2 Å². The highest BCUT2D eigenvalue weighted by molar-refractivity contribution is 9.10. The summed E-state index contributed by atoms with van der Waals surface area (Å²) in [5.41, 5.74) is 3.74. The van der Waals surface area contributed by atoms with E-state index in [0.29, 0.717) is 34.8 Å². The monoisotopic (exact) mass is 536 g/mol. The Morgan fingerprint density at radius 2 is 2.09 bits per heavy atom. The van der Waals surface area contributed by atoms with Gasteiger partial charge in [-0.2, -0.15) is 0 Å². The highest BCUT2D eigenvalue weighted by Crippen LogP contribution is 2.21. The summed E-state index contributed by atoms with van der Waals surface area (Å²) in [5, 5.41) is 30.0. The fraction of sp³-hybridized carbons (Fsp3) is 0.250. The maximum Gasteiger partial charge on any atom is 0.491 e. The third kappa shape index (κ3) is 6.09. The van der Waals surface area contributed by atoms with Gasteiger partial charge in [0.1, 0.15) is 11.5 Å². The molecule has 0 aliphatic carbocycles. The van der Waals surface area contributed by atoms with E-state index in [1.807, 2.05) is 18.2 Å². The molecule has 2 aromatic carbocycles. The summed E-state index contributed by atoms with van der Waals surface area (Å²) in [4.78, 5) is 14.2. The van der Waals surface area contributed by atoms with Gasteiger partial charge in [0, 0.05) is 19.3 Å². The first-order chi connectivity index (χ1) is 16.4. The summed E-state index contributed by atoms with van der Waals surface area (Å²) in [5.74, 6) is 3.33. The number of nitrogens with two attached hydrogens (primary N) is 1. The fourth-order valence-corrected chi connectivity index (χ4v) is 3.73. The second-order valence-electron chi connectivity index (χ2n) is 7.29. The number of amides is 1. The molecule has 0 radical (unpaired) electrons. The number of anilines is 2. The van der Waals surface area contributed by atoms with Crippen LogP contribution in [0, 0.1) is 5.82 Å². The number of halogens is 2. The molecular formula is C20H23BBrFN6O5. The van der Waals surface area contributed by atoms with Crippen molar-refractivity contribution in [3.05, 3.63) is 63.5 Å². The lowest BCUT2D eigenvalue weighted by molar-refractivity contribution is -0.128. The van der Waals surface area contributed by atoms with Crippen LogP contribution in [0.25, 0.3) is 0 Å². The molecule has 0 fully saturated rings. The van der Waals surface area contributed by atoms with Gasteiger partial charge >= 0.3 is 7.12 Å². The van der Waals surface area contributed by atoms with Crippen LogP contribution in [-0.4, -0.2) is 52.1 Å². The van der Waals surface area contributed by atoms with E-state index >= 15 is 0 Å². The summed E-state index contributed by atoms with van der Waals surface area (Å²) in [6.45, 7) is 0.962. The van der Waals surface area contributed by atoms with Gasteiger partial charge in [-0.15, -0.1) is 0 Å². The molecule has 2 heterocycles. The standard InChI is InChI=1S/C20H20BBrFN5O4.H3NO/c1-28(10-12-3-2-4-15-14(12)11-31-21(15)30)19(29)9-25-20-18(26-32-27-20)8-24-13-5-6-17(23)16(22)7-13;1-2/h2-7,24,30H,8-11H2,1H3,(H,25,27);2H,1H2. The molecule has 0 saturated carbocycles. The number of nitrogens with one attached hydrogen (secondary N) is 2. The van der Waals surface area contributed by atoms with Gasteiger partial charge in [-0.1, -0.05) is 23.4 Å². The lowest BCUT2D eigenvalue weighted by Gasteiger charge is -2.19. The van der Waals surface area contributed by atoms with Crippen LogP contribution in [0.1, 0.15) is 16.8 Å². The van der Waals surface area contributed by atoms with Crippen LogP contribution in [0.4, 0.5) is 15.9 Å². The average Bonchev–Trinajstić information content (AvgIpc) is 3.46. The zero-order chi connectivity index (χ0) is 24.7. The van der Waals surface area contributed by atoms with Crippen LogP contribution in [0.3, 0.4) is 0 Å². The number of fused-ring (bicyclic) bond motifs is 1. The molecule has 0 bridgehead atoms. The number of hydrogen-bond acceptors (Lipinski definition) is 10. The first-order valence-corrected chi connectivity index (χ1v) is 10.9. The first kappa shape index (κ1) is 25.6. The van der Waals surface area contributed by atoms with E-state index in [4.69, 9.17) is 14.5 Å². The van der Waals surface area contributed by atoms with Crippen molar-refractivity contribution in [2.24, 2.45) is 5.90 Å². The Morgan fingerprint density at radius 3 is 2.85 bits per heavy atom. The molecule has 6 N–H and O–H groups in total. The molecule has 0 spiro atoms. The van der Waals surface area contributed by atoms with Gasteiger partial charge < -0.3 is 30.4 Å². The zero-order valence-electron chi connectivity index (χ0n) is 18.2. The van der Waals surface area contributed by atoms with Gasteiger partial charge in [-0.05, 0) is 55.9 Å². The van der Waals surface area contributed by atoms with Gasteiger partial charge in [-0.25, -0.2) is 14.9 Å². The smallest absolute Gasteiger partial charge is 0.423 e. The maximum absolute atomic E-state index is 13.4. The van der Waals surface area contributed by atoms with Gasteiger partial charge in [0.2, 0.25) is 5.91 Å². The fourth-order valence-electron chi connectivity index (χ4n) is 3.35. The predicted octanol–water partition coefficient (Wildman–Crippen LogP) is 1.21. The van der Waals surface area contributed by atoms with E-state index in [2.05, 4.69) is 42.8 Å². The van der Waals surface area contributed by atoms with Crippen molar-refractivity contribution in [3.63, 3.8) is 0 Å². The Balaban J connectivity index is 0.00000158. The minimum absolute atomic E-state index is 0.00599. The molecule has 0 atom stereocenters. The first-order valence-electron chi connectivity index (χ1n) is 10.1. The van der Waals surface area contributed by atoms with Crippen molar-refractivity contribution >= 4 is 45.9 Å². The maximum atomic E-state index is 13.4. The number of carbonyl (C=O) groups is 1. The Morgan fingerprint density at radius 1 is 1.29 bits per heavy atom. The number of nitrogens with zero attached hydrogens (tertiary/aromatic N) is 3. The lowest BCUT2D eigenvalue weighted by atomic mass is 9.78. The Labute approximate surface area is 203 Å². The van der Waals surface area contributed by atoms with E-state index < -0.39 is 7.12 Å². The second kappa shape index (κ2) is 11.9. The average molecular weight is 537 g/mol. The summed E-state index contributed by atoms with van der Waals surface area (Å²) in [6, 6.07) is 10.1. The molecule has 1 amide bonds. The quantitative estimate of drug-likeness (QED) is 0.209. The molecule has 0 saturated heterocycles. The highest BCUT2D eigenvalue weighted by atomic mass is 79.9. The molecule has 3 aromatic rings. The Kier molecular flexibility index (Phi) is 8.95. The number of aromatic nitrogens is 2. The molecular weight excluding hydrogens is 514 g/mol. The summed E-state index contributed by atoms with van der Waals surface area (Å²) in [7, 11) is 0.779. The third-order valence-corrected chi connectivity index (χ3v) is 5.74. The van der Waals surface area contributed by atoms with Crippen LogP contribution in [0.5, 0.6) is 0 Å². The van der Waals surface area contributed by atoms with Crippen molar-refractivity contribution < 1.29 is 28.7 Å². The zero-order valence-corrected chi connectivity index (χ0v) is 19.7. The molecule has 0 unspecified atom stereocenters. The topological polar surface area (TPSA) is 159 Å². The van der Waals surface area contributed by atoms with Crippen LogP contribution in [-0.2, 0) is 29.1 Å². The Bertz CT molecular complexity index is 1140. The number of benzene rings is 2. The van der Waals surface area contributed by atoms with Crippen LogP contribution < -0.4 is 22.0 Å². The molecule has 34 heavy (non-hydrogen) atoms. The molecule has 180 valence electrons. The molecule has 11 nitrogen and oxygen atoms in total. The largest absolute Gasteiger partial charge is 0.491 e. The van der Waals surface area contributed by atoms with Crippen LogP contribution in [0.15, 0.2) is 45.5 Å². The van der Waals surface area contributed by atoms with E-state index in [-0.39, 0.29) is 24.8 Å². The normalized spacial score (nSPS) is 12.0. The Hall–Kier alpha value is -3.04. The predicted molar refractivity (Wildman–Crippen MR) is 126 cm³/mol. The number of likely N-dealkylation sites (N-methyl/N-ethyl adjacent to an activating group) is 1. The lowest BCUT2D eigenvalue weighted by Crippen LogP contribution is -2.33. The van der Waals surface area contributed by atoms with Gasteiger partial charge in [-0.3, -0.25) is 4.79 Å². The summed E-state index contributed by atoms with van der Waals surface area (Å²) in [6.07, 6.45) is 0. The van der Waals surface area contributed by atoms with Gasteiger partial charge in [0.15, 0.2) is 5.82 Å². The number of carbonyl (C=O) groups excluding carboxylic acids is 1. The second-order valence-corrected chi connectivity index (χ2v) is 8.15. The van der Waals surface area contributed by atoms with Crippen molar-refractivity contribution in [1.82, 2.24) is 15.2 Å². The van der Waals surface area contributed by atoms with Crippen molar-refractivity contribution in [2.45, 2.75) is 19.7 Å². The summed E-state index contributed by atoms with van der Waals surface area (Å²) >= 11 is 3.14. The molecule has 14 heteroatoms. The molecule has 1 aliphatic rings. The number of rotatable bonds is 8. The minimum Gasteiger partial charge on any atom is -0.423 e. The van der Waals surface area contributed by atoms with Crippen molar-refractivity contribution in [2.75, 3.05) is 24.2 Å². The number of hydrogen-bond donors (Lipinski definition) is 5. The summed E-state index contributed by atoms with van der Waals surface area (Å²) < 4.78 is 23.8. The van der Waals surface area contributed by atoms with Crippen LogP contribution >= 0.6 is 15.9 Å². The highest BCUT2D eigenvalue weighted by Gasteiger charge is 2.29. The third-order valence-electron chi connectivity index (χ3n) is 5.14. The SMILES string of the molecule is CN(Cc1cccc2c1COB2O)C(=O)CNc1nonc1CNc1ccc(F)c(Br)c1.NO.